The van der Waals surface area contributed by atoms with Crippen LogP contribution in [0.2, 0.25) is 0 Å². The molecule has 0 radical (unpaired) electrons. The lowest BCUT2D eigenvalue weighted by molar-refractivity contribution is -0.122. The number of fused-ring (bicyclic) bond motifs is 1. The highest BCUT2D eigenvalue weighted by atomic mass is 32.1. The van der Waals surface area contributed by atoms with Crippen LogP contribution in [0.1, 0.15) is 34.9 Å². The standard InChI is InChI=1S/C20H21N3O4S/c1-11(2)23(14-8-6-5-7-9-14)15(24)10-27-20(26)17-12(3)16-18(25)21-13(4)22-19(16)28-17/h5-9,11H,10H2,1-4H3,(H,21,22,25). The molecule has 0 aliphatic rings. The molecule has 0 fully saturated rings. The van der Waals surface area contributed by atoms with E-state index in [0.717, 1.165) is 17.0 Å². The number of nitrogens with zero attached hydrogens (tertiary/aromatic N) is 2. The van der Waals surface area contributed by atoms with Gasteiger partial charge < -0.3 is 14.6 Å². The van der Waals surface area contributed by atoms with Crippen molar-refractivity contribution in [1.82, 2.24) is 9.97 Å². The molecule has 3 rings (SSSR count). The molecule has 8 heteroatoms. The SMILES string of the molecule is Cc1nc2sc(C(=O)OCC(=O)N(c3ccccc3)C(C)C)c(C)c2c(=O)[nH]1. The maximum absolute atomic E-state index is 12.7. The molecule has 0 aliphatic carbocycles. The summed E-state index contributed by atoms with van der Waals surface area (Å²) in [6.07, 6.45) is 0. The van der Waals surface area contributed by atoms with Gasteiger partial charge >= 0.3 is 5.97 Å². The van der Waals surface area contributed by atoms with Crippen LogP contribution in [-0.4, -0.2) is 34.5 Å². The van der Waals surface area contributed by atoms with Crippen molar-refractivity contribution in [3.05, 3.63) is 57.0 Å². The third kappa shape index (κ3) is 3.82. The number of nitrogens with one attached hydrogen (secondary N) is 1. The lowest BCUT2D eigenvalue weighted by Gasteiger charge is -2.26. The van der Waals surface area contributed by atoms with Crippen molar-refractivity contribution in [3.63, 3.8) is 0 Å². The third-order valence-electron chi connectivity index (χ3n) is 4.25. The van der Waals surface area contributed by atoms with Gasteiger partial charge in [0.05, 0.1) is 5.39 Å². The second-order valence-electron chi connectivity index (χ2n) is 6.66. The average molecular weight is 399 g/mol. The van der Waals surface area contributed by atoms with Crippen LogP contribution in [0, 0.1) is 13.8 Å². The van der Waals surface area contributed by atoms with E-state index in [1.54, 1.807) is 18.7 Å². The number of rotatable bonds is 5. The number of hydrogen-bond acceptors (Lipinski definition) is 6. The minimum Gasteiger partial charge on any atom is -0.451 e. The van der Waals surface area contributed by atoms with Crippen molar-refractivity contribution in [2.45, 2.75) is 33.7 Å². The zero-order valence-electron chi connectivity index (χ0n) is 16.1. The van der Waals surface area contributed by atoms with E-state index in [1.807, 2.05) is 44.2 Å². The van der Waals surface area contributed by atoms with Crippen molar-refractivity contribution >= 4 is 39.1 Å². The Balaban J connectivity index is 1.79. The molecule has 0 bridgehead atoms. The maximum atomic E-state index is 12.7. The highest BCUT2D eigenvalue weighted by Gasteiger charge is 2.24. The van der Waals surface area contributed by atoms with Crippen molar-refractivity contribution < 1.29 is 14.3 Å². The molecule has 0 saturated carbocycles. The molecule has 1 aromatic carbocycles. The van der Waals surface area contributed by atoms with E-state index in [2.05, 4.69) is 9.97 Å². The fourth-order valence-electron chi connectivity index (χ4n) is 3.03. The predicted molar refractivity (Wildman–Crippen MR) is 109 cm³/mol. The first kappa shape index (κ1) is 19.8. The largest absolute Gasteiger partial charge is 0.451 e. The monoisotopic (exact) mass is 399 g/mol. The number of carbonyl (C=O) groups is 2. The zero-order valence-corrected chi connectivity index (χ0v) is 16.9. The Kier molecular flexibility index (Phi) is 5.60. The molecule has 146 valence electrons. The first-order chi connectivity index (χ1) is 13.3. The number of carbonyl (C=O) groups excluding carboxylic acids is 2. The Hall–Kier alpha value is -3.00. The van der Waals surface area contributed by atoms with Crippen LogP contribution in [0.4, 0.5) is 5.69 Å². The summed E-state index contributed by atoms with van der Waals surface area (Å²) in [6.45, 7) is 6.75. The Labute approximate surface area is 166 Å². The average Bonchev–Trinajstić information content (AvgIpc) is 2.97. The lowest BCUT2D eigenvalue weighted by Crippen LogP contribution is -2.39. The zero-order chi connectivity index (χ0) is 20.4. The van der Waals surface area contributed by atoms with Gasteiger partial charge in [-0.05, 0) is 45.4 Å². The summed E-state index contributed by atoms with van der Waals surface area (Å²) in [6, 6.07) is 9.12. The minimum absolute atomic E-state index is 0.0922. The van der Waals surface area contributed by atoms with Gasteiger partial charge in [0.1, 0.15) is 15.5 Å². The number of hydrogen-bond donors (Lipinski definition) is 1. The van der Waals surface area contributed by atoms with Crippen LogP contribution in [-0.2, 0) is 9.53 Å². The summed E-state index contributed by atoms with van der Waals surface area (Å²) in [5, 5.41) is 0.377. The number of para-hydroxylation sites is 1. The normalized spacial score (nSPS) is 11.0. The number of anilines is 1. The van der Waals surface area contributed by atoms with Crippen LogP contribution in [0.5, 0.6) is 0 Å². The Bertz CT molecular complexity index is 1090. The van der Waals surface area contributed by atoms with Gasteiger partial charge in [-0.1, -0.05) is 18.2 Å². The van der Waals surface area contributed by atoms with E-state index >= 15 is 0 Å². The highest BCUT2D eigenvalue weighted by Crippen LogP contribution is 2.27. The second kappa shape index (κ2) is 7.93. The highest BCUT2D eigenvalue weighted by molar-refractivity contribution is 7.20. The molecule has 2 aromatic heterocycles. The molecule has 1 N–H and O–H groups in total. The molecule has 0 spiro atoms. The molecule has 3 aromatic rings. The van der Waals surface area contributed by atoms with E-state index in [0.29, 0.717) is 21.6 Å². The molecular weight excluding hydrogens is 378 g/mol. The number of H-pyrrole nitrogens is 1. The number of benzene rings is 1. The van der Waals surface area contributed by atoms with Crippen LogP contribution in [0.25, 0.3) is 10.2 Å². The van der Waals surface area contributed by atoms with E-state index in [-0.39, 0.29) is 29.0 Å². The van der Waals surface area contributed by atoms with Gasteiger partial charge in [0.25, 0.3) is 11.5 Å². The number of amides is 1. The molecule has 7 nitrogen and oxygen atoms in total. The Morgan fingerprint density at radius 3 is 2.54 bits per heavy atom. The molecular formula is C20H21N3O4S. The fourth-order valence-corrected chi connectivity index (χ4v) is 4.15. The maximum Gasteiger partial charge on any atom is 0.349 e. The smallest absolute Gasteiger partial charge is 0.349 e. The van der Waals surface area contributed by atoms with Gasteiger partial charge in [-0.2, -0.15) is 0 Å². The summed E-state index contributed by atoms with van der Waals surface area (Å²) < 4.78 is 5.26. The van der Waals surface area contributed by atoms with Crippen LogP contribution in [0.15, 0.2) is 35.1 Å². The van der Waals surface area contributed by atoms with Crippen molar-refractivity contribution in [2.75, 3.05) is 11.5 Å². The van der Waals surface area contributed by atoms with Gasteiger partial charge in [-0.25, -0.2) is 9.78 Å². The molecule has 2 heterocycles. The summed E-state index contributed by atoms with van der Waals surface area (Å²) in [5.41, 5.74) is 0.958. The topological polar surface area (TPSA) is 92.4 Å². The molecule has 0 saturated heterocycles. The first-order valence-corrected chi connectivity index (χ1v) is 9.65. The predicted octanol–water partition coefficient (Wildman–Crippen LogP) is 3.20. The van der Waals surface area contributed by atoms with Crippen molar-refractivity contribution in [1.29, 1.82) is 0 Å². The third-order valence-corrected chi connectivity index (χ3v) is 5.42. The minimum atomic E-state index is -0.636. The first-order valence-electron chi connectivity index (χ1n) is 8.83. The van der Waals surface area contributed by atoms with Crippen molar-refractivity contribution in [3.8, 4) is 0 Å². The number of aromatic amines is 1. The Morgan fingerprint density at radius 1 is 1.21 bits per heavy atom. The molecule has 28 heavy (non-hydrogen) atoms. The number of aryl methyl sites for hydroxylation is 2. The van der Waals surface area contributed by atoms with Gasteiger partial charge in [0.15, 0.2) is 6.61 Å². The fraction of sp³-hybridized carbons (Fsp3) is 0.300. The number of aromatic nitrogens is 2. The summed E-state index contributed by atoms with van der Waals surface area (Å²) in [5.74, 6) is -0.480. The van der Waals surface area contributed by atoms with Crippen LogP contribution in [0.3, 0.4) is 0 Å². The lowest BCUT2D eigenvalue weighted by atomic mass is 10.2. The summed E-state index contributed by atoms with van der Waals surface area (Å²) in [4.78, 5) is 46.6. The van der Waals surface area contributed by atoms with Crippen molar-refractivity contribution in [2.24, 2.45) is 0 Å². The van der Waals surface area contributed by atoms with Crippen LogP contribution < -0.4 is 10.5 Å². The second-order valence-corrected chi connectivity index (χ2v) is 7.66. The van der Waals surface area contributed by atoms with E-state index in [1.165, 1.54) is 0 Å². The summed E-state index contributed by atoms with van der Waals surface area (Å²) in [7, 11) is 0. The number of thiophene rings is 1. The van der Waals surface area contributed by atoms with Gasteiger partial charge in [0.2, 0.25) is 0 Å². The van der Waals surface area contributed by atoms with E-state index < -0.39 is 5.97 Å². The number of esters is 1. The van der Waals surface area contributed by atoms with Gasteiger partial charge in [0, 0.05) is 11.7 Å². The molecule has 0 unspecified atom stereocenters. The molecule has 0 aliphatic heterocycles. The van der Waals surface area contributed by atoms with Gasteiger partial charge in [-0.15, -0.1) is 11.3 Å². The summed E-state index contributed by atoms with van der Waals surface area (Å²) >= 11 is 1.09. The molecule has 0 atom stereocenters. The number of ether oxygens (including phenoxy) is 1. The quantitative estimate of drug-likeness (QED) is 0.665. The van der Waals surface area contributed by atoms with E-state index in [9.17, 15) is 14.4 Å². The molecule has 1 amide bonds. The van der Waals surface area contributed by atoms with E-state index in [4.69, 9.17) is 4.74 Å². The van der Waals surface area contributed by atoms with Crippen LogP contribution >= 0.6 is 11.3 Å². The van der Waals surface area contributed by atoms with Gasteiger partial charge in [-0.3, -0.25) is 9.59 Å². The Morgan fingerprint density at radius 2 is 1.89 bits per heavy atom.